The maximum Gasteiger partial charge on any atom is 0.341 e. The fourth-order valence-electron chi connectivity index (χ4n) is 4.58. The Morgan fingerprint density at radius 2 is 1.97 bits per heavy atom. The molecule has 1 saturated heterocycles. The Kier molecular flexibility index (Phi) is 7.05. The van der Waals surface area contributed by atoms with Gasteiger partial charge in [-0.1, -0.05) is 24.3 Å². The molecule has 2 N–H and O–H groups in total. The monoisotopic (exact) mass is 483 g/mol. The summed E-state index contributed by atoms with van der Waals surface area (Å²) in [6.45, 7) is 5.93. The number of carbonyl (C=O) groups is 1. The van der Waals surface area contributed by atoms with Gasteiger partial charge in [0.05, 0.1) is 30.7 Å². The van der Waals surface area contributed by atoms with Crippen LogP contribution in [0.4, 0.5) is 20.3 Å². The molecule has 1 aliphatic heterocycles. The average molecular weight is 484 g/mol. The van der Waals surface area contributed by atoms with Crippen molar-refractivity contribution in [1.82, 2.24) is 14.8 Å². The lowest BCUT2D eigenvalue weighted by atomic mass is 9.95. The molecule has 1 aliphatic rings. The first-order valence-electron chi connectivity index (χ1n) is 11.9. The van der Waals surface area contributed by atoms with Gasteiger partial charge in [-0.25, -0.2) is 18.6 Å². The van der Waals surface area contributed by atoms with E-state index in [-0.39, 0.29) is 31.5 Å². The molecule has 0 bridgehead atoms. The van der Waals surface area contributed by atoms with E-state index < -0.39 is 5.92 Å². The van der Waals surface area contributed by atoms with Crippen LogP contribution in [-0.2, 0) is 17.6 Å². The third-order valence-corrected chi connectivity index (χ3v) is 6.26. The summed E-state index contributed by atoms with van der Waals surface area (Å²) in [5.41, 5.74) is 10.8. The number of nitrogens with two attached hydrogens (primary N) is 1. The molecular weight excluding hydrogens is 452 g/mol. The van der Waals surface area contributed by atoms with E-state index in [2.05, 4.69) is 10.1 Å². The van der Waals surface area contributed by atoms with Gasteiger partial charge in [-0.3, -0.25) is 4.68 Å². The van der Waals surface area contributed by atoms with Crippen molar-refractivity contribution in [3.63, 3.8) is 0 Å². The highest BCUT2D eigenvalue weighted by Gasteiger charge is 2.39. The highest BCUT2D eigenvalue weighted by Crippen LogP contribution is 2.38. The number of rotatable bonds is 8. The summed E-state index contributed by atoms with van der Waals surface area (Å²) in [5, 5.41) is 4.41. The molecule has 0 atom stereocenters. The standard InChI is InChI=1S/C26H31F2N5O2/c1-4-35-25(34)21-15-31-33(17(2)3)22(21)10-9-18-7-5-6-8-19(18)20-11-13-30-24(23(20)29)32-14-12-26(27,28)16-32/h5-8,11,13,15,17H,4,9-10,12,14,16,29H2,1-3H3. The van der Waals surface area contributed by atoms with Gasteiger partial charge in [0.2, 0.25) is 0 Å². The third-order valence-electron chi connectivity index (χ3n) is 6.26. The zero-order valence-corrected chi connectivity index (χ0v) is 20.3. The summed E-state index contributed by atoms with van der Waals surface area (Å²) in [5.74, 6) is -2.73. The van der Waals surface area contributed by atoms with Crippen molar-refractivity contribution in [2.75, 3.05) is 30.3 Å². The van der Waals surface area contributed by atoms with Crippen LogP contribution in [0, 0.1) is 0 Å². The third kappa shape index (κ3) is 5.13. The van der Waals surface area contributed by atoms with E-state index in [9.17, 15) is 13.6 Å². The molecule has 0 saturated carbocycles. The van der Waals surface area contributed by atoms with E-state index in [0.29, 0.717) is 36.5 Å². The number of hydrogen-bond donors (Lipinski definition) is 1. The topological polar surface area (TPSA) is 86.3 Å². The van der Waals surface area contributed by atoms with Crippen molar-refractivity contribution in [3.05, 3.63) is 59.5 Å². The predicted molar refractivity (Wildman–Crippen MR) is 132 cm³/mol. The van der Waals surface area contributed by atoms with Crippen molar-refractivity contribution >= 4 is 17.5 Å². The van der Waals surface area contributed by atoms with E-state index in [1.807, 2.05) is 48.9 Å². The van der Waals surface area contributed by atoms with Gasteiger partial charge in [0, 0.05) is 30.8 Å². The minimum Gasteiger partial charge on any atom is -0.462 e. The smallest absolute Gasteiger partial charge is 0.341 e. The lowest BCUT2D eigenvalue weighted by Crippen LogP contribution is -2.26. The summed E-state index contributed by atoms with van der Waals surface area (Å²) in [7, 11) is 0. The molecule has 0 aliphatic carbocycles. The number of aryl methyl sites for hydroxylation is 1. The second kappa shape index (κ2) is 10.0. The molecule has 3 heterocycles. The van der Waals surface area contributed by atoms with Gasteiger partial charge in [-0.05, 0) is 50.8 Å². The van der Waals surface area contributed by atoms with E-state index >= 15 is 0 Å². The fraction of sp³-hybridized carbons (Fsp3) is 0.423. The van der Waals surface area contributed by atoms with Crippen molar-refractivity contribution in [2.45, 2.75) is 52.0 Å². The van der Waals surface area contributed by atoms with Crippen LogP contribution in [0.25, 0.3) is 11.1 Å². The van der Waals surface area contributed by atoms with E-state index in [0.717, 1.165) is 22.4 Å². The number of hydrogen-bond acceptors (Lipinski definition) is 6. The first-order chi connectivity index (χ1) is 16.7. The second-order valence-electron chi connectivity index (χ2n) is 9.04. The van der Waals surface area contributed by atoms with Crippen molar-refractivity contribution in [3.8, 4) is 11.1 Å². The van der Waals surface area contributed by atoms with Gasteiger partial charge < -0.3 is 15.4 Å². The van der Waals surface area contributed by atoms with Crippen LogP contribution >= 0.6 is 0 Å². The highest BCUT2D eigenvalue weighted by molar-refractivity contribution is 5.90. The molecule has 0 unspecified atom stereocenters. The largest absolute Gasteiger partial charge is 0.462 e. The molecule has 7 nitrogen and oxygen atoms in total. The van der Waals surface area contributed by atoms with Gasteiger partial charge >= 0.3 is 5.97 Å². The molecule has 0 radical (unpaired) electrons. The van der Waals surface area contributed by atoms with E-state index in [1.165, 1.54) is 0 Å². The highest BCUT2D eigenvalue weighted by atomic mass is 19.3. The minimum absolute atomic E-state index is 0.0837. The van der Waals surface area contributed by atoms with Crippen LogP contribution in [0.5, 0.6) is 0 Å². The lowest BCUT2D eigenvalue weighted by Gasteiger charge is -2.21. The number of carbonyl (C=O) groups excluding carboxylic acids is 1. The SMILES string of the molecule is CCOC(=O)c1cnn(C(C)C)c1CCc1ccccc1-c1ccnc(N2CCC(F)(F)C2)c1N. The average Bonchev–Trinajstić information content (AvgIpc) is 3.41. The zero-order valence-electron chi connectivity index (χ0n) is 20.3. The molecule has 0 amide bonds. The Labute approximate surface area is 203 Å². The Hall–Kier alpha value is -3.49. The van der Waals surface area contributed by atoms with Crippen LogP contribution in [0.15, 0.2) is 42.7 Å². The minimum atomic E-state index is -2.74. The number of aromatic nitrogens is 3. The van der Waals surface area contributed by atoms with Crippen LogP contribution in [0.1, 0.15) is 54.8 Å². The van der Waals surface area contributed by atoms with E-state index in [1.54, 1.807) is 24.2 Å². The molecule has 9 heteroatoms. The molecular formula is C26H31F2N5O2. The number of ether oxygens (including phenoxy) is 1. The molecule has 2 aromatic heterocycles. The molecule has 1 fully saturated rings. The van der Waals surface area contributed by atoms with Gasteiger partial charge in [-0.15, -0.1) is 0 Å². The van der Waals surface area contributed by atoms with Crippen molar-refractivity contribution < 1.29 is 18.3 Å². The predicted octanol–water partition coefficient (Wildman–Crippen LogP) is 4.92. The summed E-state index contributed by atoms with van der Waals surface area (Å²) < 4.78 is 34.7. The molecule has 186 valence electrons. The Balaban J connectivity index is 1.65. The first-order valence-corrected chi connectivity index (χ1v) is 11.9. The number of benzene rings is 1. The van der Waals surface area contributed by atoms with Crippen LogP contribution in [0.2, 0.25) is 0 Å². The summed E-state index contributed by atoms with van der Waals surface area (Å²) in [6.07, 6.45) is 4.17. The number of alkyl halides is 2. The summed E-state index contributed by atoms with van der Waals surface area (Å²) >= 11 is 0. The van der Waals surface area contributed by atoms with Crippen LogP contribution in [-0.4, -0.2) is 46.4 Å². The summed E-state index contributed by atoms with van der Waals surface area (Å²) in [6, 6.07) is 9.75. The number of pyridine rings is 1. The number of anilines is 2. The number of esters is 1. The van der Waals surface area contributed by atoms with E-state index in [4.69, 9.17) is 10.5 Å². The second-order valence-corrected chi connectivity index (χ2v) is 9.04. The number of nitrogens with zero attached hydrogens (tertiary/aromatic N) is 4. The van der Waals surface area contributed by atoms with Gasteiger partial charge in [0.1, 0.15) is 5.56 Å². The lowest BCUT2D eigenvalue weighted by molar-refractivity contribution is 0.0256. The fourth-order valence-corrected chi connectivity index (χ4v) is 4.58. The van der Waals surface area contributed by atoms with Gasteiger partial charge in [-0.2, -0.15) is 5.10 Å². The molecule has 1 aromatic carbocycles. The molecule has 35 heavy (non-hydrogen) atoms. The number of nitrogen functional groups attached to an aromatic ring is 1. The van der Waals surface area contributed by atoms with Crippen LogP contribution < -0.4 is 10.6 Å². The maximum absolute atomic E-state index is 13.8. The Morgan fingerprint density at radius 1 is 1.20 bits per heavy atom. The van der Waals surface area contributed by atoms with Gasteiger partial charge in [0.25, 0.3) is 5.92 Å². The molecule has 3 aromatic rings. The van der Waals surface area contributed by atoms with Gasteiger partial charge in [0.15, 0.2) is 5.82 Å². The molecule has 4 rings (SSSR count). The number of halogens is 2. The molecule has 0 spiro atoms. The quantitative estimate of drug-likeness (QED) is 0.458. The normalized spacial score (nSPS) is 15.1. The summed E-state index contributed by atoms with van der Waals surface area (Å²) in [4.78, 5) is 18.4. The first kappa shape index (κ1) is 24.6. The maximum atomic E-state index is 13.8. The van der Waals surface area contributed by atoms with Crippen molar-refractivity contribution in [2.24, 2.45) is 0 Å². The Morgan fingerprint density at radius 3 is 2.66 bits per heavy atom. The zero-order chi connectivity index (χ0) is 25.2. The van der Waals surface area contributed by atoms with Crippen LogP contribution in [0.3, 0.4) is 0 Å². The Bertz CT molecular complexity index is 1210. The van der Waals surface area contributed by atoms with Crippen molar-refractivity contribution in [1.29, 1.82) is 0 Å².